The van der Waals surface area contributed by atoms with Crippen LogP contribution in [0.3, 0.4) is 0 Å². The van der Waals surface area contributed by atoms with E-state index in [0.29, 0.717) is 13.1 Å². The van der Waals surface area contributed by atoms with Crippen LogP contribution in [0.5, 0.6) is 0 Å². The number of hydrogen-bond acceptors (Lipinski definition) is 4. The minimum absolute atomic E-state index is 0.00175. The van der Waals surface area contributed by atoms with Crippen LogP contribution in [0.1, 0.15) is 33.5 Å². The molecule has 0 aliphatic rings. The summed E-state index contributed by atoms with van der Waals surface area (Å²) in [6.45, 7) is 11.2. The van der Waals surface area contributed by atoms with Gasteiger partial charge in [0.25, 0.3) is 0 Å². The molecule has 0 aliphatic carbocycles. The number of aliphatic imine (C=N–C) groups is 1. The van der Waals surface area contributed by atoms with Crippen LogP contribution in [0.4, 0.5) is 0 Å². The van der Waals surface area contributed by atoms with E-state index in [4.69, 9.17) is 0 Å². The second-order valence-corrected chi connectivity index (χ2v) is 5.43. The second kappa shape index (κ2) is 10.6. The molecule has 1 rings (SSSR count). The van der Waals surface area contributed by atoms with Gasteiger partial charge in [-0.25, -0.2) is 0 Å². The molecule has 0 atom stereocenters. The molecular weight excluding hydrogens is 294 g/mol. The number of hydrogen-bond donors (Lipinski definition) is 3. The molecule has 0 fully saturated rings. The molecular formula is C15H29N7O. The van der Waals surface area contributed by atoms with Crippen molar-refractivity contribution < 1.29 is 4.79 Å². The van der Waals surface area contributed by atoms with Gasteiger partial charge in [-0.1, -0.05) is 20.8 Å². The van der Waals surface area contributed by atoms with Gasteiger partial charge < -0.3 is 20.5 Å². The third kappa shape index (κ3) is 7.12. The largest absolute Gasteiger partial charge is 0.357 e. The summed E-state index contributed by atoms with van der Waals surface area (Å²) in [6, 6.07) is 0. The number of rotatable bonds is 9. The molecule has 0 saturated carbocycles. The Morgan fingerprint density at radius 3 is 2.70 bits per heavy atom. The molecule has 23 heavy (non-hydrogen) atoms. The molecule has 0 aromatic carbocycles. The van der Waals surface area contributed by atoms with E-state index in [-0.39, 0.29) is 11.8 Å². The third-order valence-corrected chi connectivity index (χ3v) is 3.21. The number of nitrogens with one attached hydrogen (secondary N) is 3. The Hall–Kier alpha value is -2.12. The summed E-state index contributed by atoms with van der Waals surface area (Å²) in [5, 5.41) is 17.3. The van der Waals surface area contributed by atoms with Crippen molar-refractivity contribution in [3.8, 4) is 0 Å². The first-order valence-electron chi connectivity index (χ1n) is 8.25. The van der Waals surface area contributed by atoms with Crippen molar-refractivity contribution in [2.75, 3.05) is 26.2 Å². The van der Waals surface area contributed by atoms with Crippen molar-refractivity contribution in [2.24, 2.45) is 10.9 Å². The first-order valence-corrected chi connectivity index (χ1v) is 8.25. The quantitative estimate of drug-likeness (QED) is 0.342. The van der Waals surface area contributed by atoms with E-state index in [0.717, 1.165) is 37.8 Å². The Balaban J connectivity index is 2.36. The van der Waals surface area contributed by atoms with Gasteiger partial charge >= 0.3 is 0 Å². The van der Waals surface area contributed by atoms with Gasteiger partial charge in [0.05, 0.1) is 6.54 Å². The average Bonchev–Trinajstić information content (AvgIpc) is 2.98. The predicted molar refractivity (Wildman–Crippen MR) is 91.2 cm³/mol. The van der Waals surface area contributed by atoms with Crippen LogP contribution in [0.2, 0.25) is 0 Å². The summed E-state index contributed by atoms with van der Waals surface area (Å²) in [6.07, 6.45) is 2.61. The van der Waals surface area contributed by atoms with Gasteiger partial charge in [-0.2, -0.15) is 0 Å². The van der Waals surface area contributed by atoms with Gasteiger partial charge in [0, 0.05) is 38.5 Å². The van der Waals surface area contributed by atoms with Gasteiger partial charge in [0.2, 0.25) is 5.91 Å². The number of aryl methyl sites for hydroxylation is 1. The summed E-state index contributed by atoms with van der Waals surface area (Å²) in [7, 11) is 0. The zero-order valence-electron chi connectivity index (χ0n) is 14.6. The molecule has 1 aromatic rings. The minimum Gasteiger partial charge on any atom is -0.357 e. The number of nitrogens with zero attached hydrogens (tertiary/aromatic N) is 4. The molecule has 0 saturated heterocycles. The average molecular weight is 323 g/mol. The normalized spacial score (nSPS) is 11.6. The van der Waals surface area contributed by atoms with Gasteiger partial charge in [0.1, 0.15) is 12.2 Å². The number of guanidine groups is 1. The molecule has 0 radical (unpaired) electrons. The summed E-state index contributed by atoms with van der Waals surface area (Å²) in [4.78, 5) is 15.9. The zero-order chi connectivity index (χ0) is 17.1. The summed E-state index contributed by atoms with van der Waals surface area (Å²) in [5.41, 5.74) is 0. The molecule has 8 nitrogen and oxygen atoms in total. The Bertz CT molecular complexity index is 496. The summed E-state index contributed by atoms with van der Waals surface area (Å²) >= 11 is 0. The Morgan fingerprint density at radius 1 is 1.26 bits per heavy atom. The fourth-order valence-corrected chi connectivity index (χ4v) is 1.93. The first-order chi connectivity index (χ1) is 11.1. The number of aromatic nitrogens is 3. The summed E-state index contributed by atoms with van der Waals surface area (Å²) in [5.74, 6) is 1.78. The smallest absolute Gasteiger partial charge is 0.222 e. The van der Waals surface area contributed by atoms with Crippen molar-refractivity contribution in [3.05, 3.63) is 12.2 Å². The topological polar surface area (TPSA) is 96.2 Å². The van der Waals surface area contributed by atoms with Crippen LogP contribution in [0.15, 0.2) is 11.3 Å². The number of amides is 1. The maximum atomic E-state index is 11.5. The lowest BCUT2D eigenvalue weighted by Crippen LogP contribution is -2.39. The van der Waals surface area contributed by atoms with Crippen molar-refractivity contribution in [1.82, 2.24) is 30.7 Å². The van der Waals surface area contributed by atoms with Crippen LogP contribution in [-0.4, -0.2) is 52.8 Å². The Kier molecular flexibility index (Phi) is 8.71. The standard InChI is InChI=1S/C15H29N7O/c1-5-13-21-20-11-22(13)10-9-19-15(16-6-2)18-8-7-17-14(23)12(3)4/h11-12H,5-10H2,1-4H3,(H,17,23)(H2,16,18,19). The lowest BCUT2D eigenvalue weighted by Gasteiger charge is -2.12. The SMILES string of the molecule is CCNC(=NCCNC(=O)C(C)C)NCCn1cnnc1CC. The van der Waals surface area contributed by atoms with E-state index in [1.54, 1.807) is 6.33 Å². The molecule has 130 valence electrons. The van der Waals surface area contributed by atoms with Gasteiger partial charge in [0.15, 0.2) is 5.96 Å². The van der Waals surface area contributed by atoms with Crippen LogP contribution < -0.4 is 16.0 Å². The molecule has 0 unspecified atom stereocenters. The highest BCUT2D eigenvalue weighted by molar-refractivity contribution is 5.80. The zero-order valence-corrected chi connectivity index (χ0v) is 14.6. The highest BCUT2D eigenvalue weighted by atomic mass is 16.1. The van der Waals surface area contributed by atoms with E-state index < -0.39 is 0 Å². The van der Waals surface area contributed by atoms with Gasteiger partial charge in [-0.05, 0) is 6.92 Å². The monoisotopic (exact) mass is 323 g/mol. The number of carbonyl (C=O) groups is 1. The Labute approximate surface area is 138 Å². The van der Waals surface area contributed by atoms with Crippen molar-refractivity contribution in [3.63, 3.8) is 0 Å². The fourth-order valence-electron chi connectivity index (χ4n) is 1.93. The Morgan fingerprint density at radius 2 is 2.04 bits per heavy atom. The van der Waals surface area contributed by atoms with Crippen molar-refractivity contribution >= 4 is 11.9 Å². The molecule has 0 aliphatic heterocycles. The molecule has 1 heterocycles. The van der Waals surface area contributed by atoms with Crippen molar-refractivity contribution in [1.29, 1.82) is 0 Å². The highest BCUT2D eigenvalue weighted by Gasteiger charge is 2.05. The van der Waals surface area contributed by atoms with E-state index in [9.17, 15) is 4.79 Å². The van der Waals surface area contributed by atoms with E-state index in [2.05, 4.69) is 38.1 Å². The first kappa shape index (κ1) is 18.9. The van der Waals surface area contributed by atoms with Gasteiger partial charge in [-0.3, -0.25) is 9.79 Å². The number of carbonyl (C=O) groups excluding carboxylic acids is 1. The second-order valence-electron chi connectivity index (χ2n) is 5.43. The van der Waals surface area contributed by atoms with Crippen LogP contribution in [0.25, 0.3) is 0 Å². The summed E-state index contributed by atoms with van der Waals surface area (Å²) < 4.78 is 2.03. The molecule has 0 bridgehead atoms. The van der Waals surface area contributed by atoms with Crippen LogP contribution in [0, 0.1) is 5.92 Å². The predicted octanol–water partition coefficient (Wildman–Crippen LogP) is 0.168. The highest BCUT2D eigenvalue weighted by Crippen LogP contribution is 1.94. The van der Waals surface area contributed by atoms with E-state index >= 15 is 0 Å². The van der Waals surface area contributed by atoms with Gasteiger partial charge in [-0.15, -0.1) is 10.2 Å². The van der Waals surface area contributed by atoms with Crippen molar-refractivity contribution in [2.45, 2.75) is 40.7 Å². The lowest BCUT2D eigenvalue weighted by atomic mass is 10.2. The van der Waals surface area contributed by atoms with Crippen LogP contribution >= 0.6 is 0 Å². The molecule has 1 aromatic heterocycles. The molecule has 3 N–H and O–H groups in total. The maximum Gasteiger partial charge on any atom is 0.222 e. The lowest BCUT2D eigenvalue weighted by molar-refractivity contribution is -0.123. The van der Waals surface area contributed by atoms with Crippen LogP contribution in [-0.2, 0) is 17.8 Å². The fraction of sp³-hybridized carbons (Fsp3) is 0.733. The van der Waals surface area contributed by atoms with E-state index in [1.807, 2.05) is 25.3 Å². The molecule has 8 heteroatoms. The molecule has 0 spiro atoms. The maximum absolute atomic E-state index is 11.5. The van der Waals surface area contributed by atoms with E-state index in [1.165, 1.54) is 0 Å². The third-order valence-electron chi connectivity index (χ3n) is 3.21. The molecule has 1 amide bonds. The minimum atomic E-state index is 0.00175.